The summed E-state index contributed by atoms with van der Waals surface area (Å²) in [5.41, 5.74) is 4.44. The van der Waals surface area contributed by atoms with Gasteiger partial charge in [0.25, 0.3) is 0 Å². The molecule has 1 aliphatic rings. The molecule has 1 aromatic carbocycles. The Morgan fingerprint density at radius 2 is 2.04 bits per heavy atom. The van der Waals surface area contributed by atoms with E-state index in [4.69, 9.17) is 12.2 Å². The van der Waals surface area contributed by atoms with Crippen molar-refractivity contribution in [1.29, 1.82) is 0 Å². The lowest BCUT2D eigenvalue weighted by atomic mass is 10.0. The molecule has 3 aromatic rings. The zero-order valence-electron chi connectivity index (χ0n) is 15.8. The molecule has 6 heteroatoms. The van der Waals surface area contributed by atoms with E-state index in [1.165, 1.54) is 5.56 Å². The molecule has 1 saturated heterocycles. The van der Waals surface area contributed by atoms with E-state index in [1.54, 1.807) is 0 Å². The highest BCUT2D eigenvalue weighted by atomic mass is 32.1. The van der Waals surface area contributed by atoms with Crippen LogP contribution in [-0.2, 0) is 0 Å². The molecule has 1 aliphatic heterocycles. The lowest BCUT2D eigenvalue weighted by molar-refractivity contribution is 0.245. The van der Waals surface area contributed by atoms with Gasteiger partial charge in [-0.25, -0.2) is 0 Å². The molecule has 0 bridgehead atoms. The molecule has 0 aliphatic carbocycles. The summed E-state index contributed by atoms with van der Waals surface area (Å²) in [5, 5.41) is 13.5. The minimum Gasteiger partial charge on any atom is -0.396 e. The quantitative estimate of drug-likeness (QED) is 0.629. The van der Waals surface area contributed by atoms with Crippen LogP contribution >= 0.6 is 12.2 Å². The summed E-state index contributed by atoms with van der Waals surface area (Å²) >= 11 is 5.66. The Morgan fingerprint density at radius 3 is 2.79 bits per heavy atom. The summed E-state index contributed by atoms with van der Waals surface area (Å²) in [6, 6.07) is 18.6. The first kappa shape index (κ1) is 18.7. The Bertz CT molecular complexity index is 956. The molecule has 0 spiro atoms. The van der Waals surface area contributed by atoms with Crippen LogP contribution < -0.4 is 5.32 Å². The molecule has 2 N–H and O–H groups in total. The van der Waals surface area contributed by atoms with E-state index in [2.05, 4.69) is 69.3 Å². The normalized spacial score (nSPS) is 19.1. The number of hydrogen-bond donors (Lipinski definition) is 2. The van der Waals surface area contributed by atoms with E-state index in [9.17, 15) is 5.11 Å². The largest absolute Gasteiger partial charge is 0.396 e. The van der Waals surface area contributed by atoms with Gasteiger partial charge in [-0.3, -0.25) is 4.98 Å². The van der Waals surface area contributed by atoms with Gasteiger partial charge in [0, 0.05) is 36.9 Å². The van der Waals surface area contributed by atoms with Gasteiger partial charge in [0.05, 0.1) is 17.8 Å². The van der Waals surface area contributed by atoms with Crippen LogP contribution in [0.5, 0.6) is 0 Å². The standard InChI is InChI=1S/C22H24N4OS/c1-16-7-4-8-17(15-16)25-12-5-10-19(25)21-20(18-9-2-3-11-23-18)24-22(28)26(21)13-6-14-27/h2-5,7-12,15,20-21,27H,6,13-14H2,1H3,(H,24,28)/t20-,21+/m1/s1. The third-order valence-electron chi connectivity index (χ3n) is 5.12. The van der Waals surface area contributed by atoms with E-state index < -0.39 is 0 Å². The highest BCUT2D eigenvalue weighted by molar-refractivity contribution is 7.80. The Balaban J connectivity index is 1.79. The fraction of sp³-hybridized carbons (Fsp3) is 0.273. The SMILES string of the molecule is Cc1cccc(-n2cccc2[C@H]2[C@@H](c3ccccn3)NC(=S)N2CCCO)c1. The summed E-state index contributed by atoms with van der Waals surface area (Å²) in [5.74, 6) is 0. The third kappa shape index (κ3) is 3.53. The molecule has 2 aromatic heterocycles. The second-order valence-corrected chi connectivity index (χ2v) is 7.43. The van der Waals surface area contributed by atoms with Crippen molar-refractivity contribution in [2.24, 2.45) is 0 Å². The monoisotopic (exact) mass is 392 g/mol. The molecule has 0 amide bonds. The molecular weight excluding hydrogens is 368 g/mol. The van der Waals surface area contributed by atoms with Gasteiger partial charge < -0.3 is 19.9 Å². The minimum atomic E-state index is -0.0501. The Kier molecular flexibility index (Phi) is 5.41. The van der Waals surface area contributed by atoms with Gasteiger partial charge in [-0.2, -0.15) is 0 Å². The Labute approximate surface area is 170 Å². The van der Waals surface area contributed by atoms with Crippen molar-refractivity contribution < 1.29 is 5.11 Å². The Hall–Kier alpha value is -2.70. The van der Waals surface area contributed by atoms with Gasteiger partial charge >= 0.3 is 0 Å². The predicted molar refractivity (Wildman–Crippen MR) is 114 cm³/mol. The first-order valence-corrected chi connectivity index (χ1v) is 9.93. The average Bonchev–Trinajstić information content (AvgIpc) is 3.31. The second kappa shape index (κ2) is 8.12. The average molecular weight is 393 g/mol. The maximum Gasteiger partial charge on any atom is 0.170 e. The van der Waals surface area contributed by atoms with Crippen LogP contribution in [0, 0.1) is 6.92 Å². The number of nitrogens with one attached hydrogen (secondary N) is 1. The van der Waals surface area contributed by atoms with Crippen molar-refractivity contribution in [3.63, 3.8) is 0 Å². The molecule has 2 atom stereocenters. The number of pyridine rings is 1. The van der Waals surface area contributed by atoms with Crippen molar-refractivity contribution in [1.82, 2.24) is 19.8 Å². The zero-order chi connectivity index (χ0) is 19.5. The van der Waals surface area contributed by atoms with Crippen molar-refractivity contribution in [2.75, 3.05) is 13.2 Å². The number of thiocarbonyl (C=S) groups is 1. The maximum absolute atomic E-state index is 9.37. The lowest BCUT2D eigenvalue weighted by Crippen LogP contribution is -2.31. The van der Waals surface area contributed by atoms with Crippen molar-refractivity contribution in [3.05, 3.63) is 83.9 Å². The summed E-state index contributed by atoms with van der Waals surface area (Å²) < 4.78 is 2.22. The van der Waals surface area contributed by atoms with Crippen LogP contribution in [0.15, 0.2) is 67.0 Å². The molecule has 0 radical (unpaired) electrons. The first-order valence-electron chi connectivity index (χ1n) is 9.52. The molecule has 4 rings (SSSR count). The fourth-order valence-electron chi connectivity index (χ4n) is 3.86. The summed E-state index contributed by atoms with van der Waals surface area (Å²) in [7, 11) is 0. The van der Waals surface area contributed by atoms with Crippen LogP contribution in [-0.4, -0.2) is 37.8 Å². The molecule has 1 fully saturated rings. The van der Waals surface area contributed by atoms with Gasteiger partial charge in [-0.15, -0.1) is 0 Å². The molecule has 144 valence electrons. The number of hydrogen-bond acceptors (Lipinski definition) is 3. The molecule has 0 unspecified atom stereocenters. The van der Waals surface area contributed by atoms with Crippen LogP contribution in [0.4, 0.5) is 0 Å². The Morgan fingerprint density at radius 1 is 1.14 bits per heavy atom. The lowest BCUT2D eigenvalue weighted by Gasteiger charge is -2.28. The number of benzene rings is 1. The highest BCUT2D eigenvalue weighted by Gasteiger charge is 2.40. The molecule has 3 heterocycles. The van der Waals surface area contributed by atoms with Gasteiger partial charge in [0.15, 0.2) is 5.11 Å². The van der Waals surface area contributed by atoms with Gasteiger partial charge in [0.2, 0.25) is 0 Å². The van der Waals surface area contributed by atoms with Crippen LogP contribution in [0.1, 0.15) is 35.5 Å². The van der Waals surface area contributed by atoms with Crippen LogP contribution in [0.3, 0.4) is 0 Å². The second-order valence-electron chi connectivity index (χ2n) is 7.04. The fourth-order valence-corrected chi connectivity index (χ4v) is 4.19. The van der Waals surface area contributed by atoms with E-state index in [0.29, 0.717) is 18.1 Å². The summed E-state index contributed by atoms with van der Waals surface area (Å²) in [4.78, 5) is 6.75. The number of aliphatic hydroxyl groups excluding tert-OH is 1. The third-order valence-corrected chi connectivity index (χ3v) is 5.47. The highest BCUT2D eigenvalue weighted by Crippen LogP contribution is 2.39. The molecular formula is C22H24N4OS. The van der Waals surface area contributed by atoms with Crippen LogP contribution in [0.25, 0.3) is 5.69 Å². The van der Waals surface area contributed by atoms with E-state index in [-0.39, 0.29) is 18.7 Å². The summed E-state index contributed by atoms with van der Waals surface area (Å²) in [6.07, 6.45) is 4.57. The number of aliphatic hydroxyl groups is 1. The number of aromatic nitrogens is 2. The molecule has 28 heavy (non-hydrogen) atoms. The van der Waals surface area contributed by atoms with Gasteiger partial charge in [0.1, 0.15) is 0 Å². The predicted octanol–water partition coefficient (Wildman–Crippen LogP) is 3.54. The minimum absolute atomic E-state index is 0.00976. The first-order chi connectivity index (χ1) is 13.7. The number of nitrogens with zero attached hydrogens (tertiary/aromatic N) is 3. The summed E-state index contributed by atoms with van der Waals surface area (Å²) in [6.45, 7) is 2.93. The molecule has 5 nitrogen and oxygen atoms in total. The number of aryl methyl sites for hydroxylation is 1. The topological polar surface area (TPSA) is 53.3 Å². The van der Waals surface area contributed by atoms with Crippen LogP contribution in [0.2, 0.25) is 0 Å². The molecule has 0 saturated carbocycles. The van der Waals surface area contributed by atoms with Gasteiger partial charge in [-0.1, -0.05) is 18.2 Å². The smallest absolute Gasteiger partial charge is 0.170 e. The van der Waals surface area contributed by atoms with Crippen molar-refractivity contribution in [2.45, 2.75) is 25.4 Å². The van der Waals surface area contributed by atoms with E-state index in [0.717, 1.165) is 17.1 Å². The van der Waals surface area contributed by atoms with Crippen molar-refractivity contribution >= 4 is 17.3 Å². The zero-order valence-corrected chi connectivity index (χ0v) is 16.6. The van der Waals surface area contributed by atoms with E-state index >= 15 is 0 Å². The van der Waals surface area contributed by atoms with Gasteiger partial charge in [-0.05, 0) is 67.5 Å². The maximum atomic E-state index is 9.37. The number of rotatable bonds is 6. The van der Waals surface area contributed by atoms with E-state index in [1.807, 2.05) is 24.4 Å². The van der Waals surface area contributed by atoms with Crippen molar-refractivity contribution in [3.8, 4) is 5.69 Å².